The summed E-state index contributed by atoms with van der Waals surface area (Å²) in [6, 6.07) is 7.41. The zero-order valence-electron chi connectivity index (χ0n) is 14.3. The zero-order chi connectivity index (χ0) is 17.0. The summed E-state index contributed by atoms with van der Waals surface area (Å²) < 4.78 is 0. The van der Waals surface area contributed by atoms with E-state index >= 15 is 0 Å². The Bertz CT molecular complexity index is 602. The number of nitrogens with zero attached hydrogens (tertiary/aromatic N) is 2. The molecule has 23 heavy (non-hydrogen) atoms. The molecule has 1 heterocycles. The predicted octanol–water partition coefficient (Wildman–Crippen LogP) is 3.14. The number of amides is 1. The number of piperidine rings is 1. The highest BCUT2D eigenvalue weighted by molar-refractivity contribution is 5.91. The van der Waals surface area contributed by atoms with Crippen LogP contribution in [0.1, 0.15) is 56.5 Å². The molecule has 1 aromatic rings. The van der Waals surface area contributed by atoms with Crippen molar-refractivity contribution < 1.29 is 14.4 Å². The van der Waals surface area contributed by atoms with E-state index in [4.69, 9.17) is 4.84 Å². The molecule has 0 N–H and O–H groups in total. The van der Waals surface area contributed by atoms with E-state index in [0.717, 1.165) is 11.3 Å². The topological polar surface area (TPSA) is 59.0 Å². The summed E-state index contributed by atoms with van der Waals surface area (Å²) in [5.41, 5.74) is 2.52. The highest BCUT2D eigenvalue weighted by Crippen LogP contribution is 2.22. The van der Waals surface area contributed by atoms with Crippen molar-refractivity contribution >= 4 is 17.6 Å². The molecule has 1 aliphatic rings. The van der Waals surface area contributed by atoms with Gasteiger partial charge in [0.1, 0.15) is 0 Å². The first-order valence-electron chi connectivity index (χ1n) is 7.90. The van der Waals surface area contributed by atoms with Crippen molar-refractivity contribution in [3.63, 3.8) is 0 Å². The standard InChI is InChI=1S/C18H24N2O3/c1-13(21)20-11-9-16(10-12-20)19-23-17(22)14-5-7-15(8-6-14)18(2,3)4/h5-8H,9-12H2,1-4H3. The molecule has 0 spiro atoms. The Kier molecular flexibility index (Phi) is 5.19. The van der Waals surface area contributed by atoms with E-state index in [2.05, 4.69) is 25.9 Å². The number of carbonyl (C=O) groups excluding carboxylic acids is 2. The molecule has 0 radical (unpaired) electrons. The smallest absolute Gasteiger partial charge is 0.342 e. The molecule has 1 aromatic carbocycles. The Balaban J connectivity index is 1.92. The molecule has 1 fully saturated rings. The SMILES string of the molecule is CC(=O)N1CCC(=NOC(=O)c2ccc(C(C)(C)C)cc2)CC1. The lowest BCUT2D eigenvalue weighted by Gasteiger charge is -2.25. The van der Waals surface area contributed by atoms with Crippen molar-refractivity contribution in [2.75, 3.05) is 13.1 Å². The Morgan fingerprint density at radius 1 is 1.09 bits per heavy atom. The van der Waals surface area contributed by atoms with Crippen LogP contribution in [0.3, 0.4) is 0 Å². The second kappa shape index (κ2) is 6.94. The van der Waals surface area contributed by atoms with Gasteiger partial charge in [0.25, 0.3) is 0 Å². The summed E-state index contributed by atoms with van der Waals surface area (Å²) in [5.74, 6) is -0.382. The van der Waals surface area contributed by atoms with Crippen LogP contribution in [0.4, 0.5) is 0 Å². The summed E-state index contributed by atoms with van der Waals surface area (Å²) in [4.78, 5) is 30.1. The highest BCUT2D eigenvalue weighted by Gasteiger charge is 2.18. The molecule has 0 aromatic heterocycles. The van der Waals surface area contributed by atoms with Crippen LogP contribution in [0.15, 0.2) is 29.4 Å². The van der Waals surface area contributed by atoms with Gasteiger partial charge in [-0.3, -0.25) is 4.79 Å². The number of rotatable bonds is 2. The average molecular weight is 316 g/mol. The number of carbonyl (C=O) groups is 2. The quantitative estimate of drug-likeness (QED) is 0.622. The van der Waals surface area contributed by atoms with Crippen LogP contribution in [-0.2, 0) is 15.0 Å². The largest absolute Gasteiger partial charge is 0.365 e. The van der Waals surface area contributed by atoms with Crippen LogP contribution >= 0.6 is 0 Å². The lowest BCUT2D eigenvalue weighted by Crippen LogP contribution is -2.37. The van der Waals surface area contributed by atoms with E-state index < -0.39 is 5.97 Å². The Morgan fingerprint density at radius 3 is 2.13 bits per heavy atom. The number of benzene rings is 1. The summed E-state index contributed by atoms with van der Waals surface area (Å²) >= 11 is 0. The van der Waals surface area contributed by atoms with Gasteiger partial charge in [0.05, 0.1) is 11.3 Å². The molecule has 0 unspecified atom stereocenters. The van der Waals surface area contributed by atoms with Gasteiger partial charge in [-0.25, -0.2) is 4.79 Å². The van der Waals surface area contributed by atoms with Gasteiger partial charge in [-0.05, 0) is 23.1 Å². The van der Waals surface area contributed by atoms with Crippen LogP contribution < -0.4 is 0 Å². The lowest BCUT2D eigenvalue weighted by atomic mass is 9.87. The predicted molar refractivity (Wildman–Crippen MR) is 89.5 cm³/mol. The van der Waals surface area contributed by atoms with Crippen molar-refractivity contribution in [2.45, 2.75) is 46.0 Å². The van der Waals surface area contributed by atoms with Crippen molar-refractivity contribution in [2.24, 2.45) is 5.16 Å². The van der Waals surface area contributed by atoms with E-state index in [0.29, 0.717) is 31.5 Å². The fraction of sp³-hybridized carbons (Fsp3) is 0.500. The highest BCUT2D eigenvalue weighted by atomic mass is 16.7. The number of hydrogen-bond donors (Lipinski definition) is 0. The third kappa shape index (κ3) is 4.65. The molecule has 1 saturated heterocycles. The molecule has 0 bridgehead atoms. The Hall–Kier alpha value is -2.17. The van der Waals surface area contributed by atoms with Gasteiger partial charge in [-0.1, -0.05) is 38.1 Å². The first-order valence-corrected chi connectivity index (χ1v) is 7.90. The minimum Gasteiger partial charge on any atom is -0.342 e. The minimum absolute atomic E-state index is 0.0490. The molecular weight excluding hydrogens is 292 g/mol. The maximum Gasteiger partial charge on any atom is 0.365 e. The van der Waals surface area contributed by atoms with Gasteiger partial charge in [-0.15, -0.1) is 0 Å². The van der Waals surface area contributed by atoms with Gasteiger partial charge in [0, 0.05) is 32.9 Å². The maximum atomic E-state index is 12.0. The van der Waals surface area contributed by atoms with Gasteiger partial charge in [0.2, 0.25) is 5.91 Å². The number of oxime groups is 1. The molecule has 1 amide bonds. The fourth-order valence-corrected chi connectivity index (χ4v) is 2.44. The van der Waals surface area contributed by atoms with Gasteiger partial charge in [0.15, 0.2) is 0 Å². The summed E-state index contributed by atoms with van der Waals surface area (Å²) in [6.07, 6.45) is 1.30. The summed E-state index contributed by atoms with van der Waals surface area (Å²) in [7, 11) is 0. The average Bonchev–Trinajstić information content (AvgIpc) is 2.52. The van der Waals surface area contributed by atoms with Gasteiger partial charge in [-0.2, -0.15) is 0 Å². The molecule has 2 rings (SSSR count). The van der Waals surface area contributed by atoms with Crippen LogP contribution in [0.25, 0.3) is 0 Å². The second-order valence-corrected chi connectivity index (χ2v) is 6.87. The van der Waals surface area contributed by atoms with Crippen LogP contribution in [-0.4, -0.2) is 35.6 Å². The molecule has 0 atom stereocenters. The normalized spacial score (nSPS) is 15.3. The second-order valence-electron chi connectivity index (χ2n) is 6.87. The fourth-order valence-electron chi connectivity index (χ4n) is 2.44. The first kappa shape index (κ1) is 17.2. The van der Waals surface area contributed by atoms with Crippen molar-refractivity contribution in [1.29, 1.82) is 0 Å². The molecular formula is C18H24N2O3. The molecule has 0 saturated carbocycles. The monoisotopic (exact) mass is 316 g/mol. The Morgan fingerprint density at radius 2 is 1.65 bits per heavy atom. The lowest BCUT2D eigenvalue weighted by molar-refractivity contribution is -0.128. The summed E-state index contributed by atoms with van der Waals surface area (Å²) in [5, 5.41) is 3.95. The van der Waals surface area contributed by atoms with Crippen molar-refractivity contribution in [1.82, 2.24) is 4.90 Å². The molecule has 1 aliphatic heterocycles. The zero-order valence-corrected chi connectivity index (χ0v) is 14.3. The van der Waals surface area contributed by atoms with Crippen molar-refractivity contribution in [3.05, 3.63) is 35.4 Å². The van der Waals surface area contributed by atoms with E-state index in [1.165, 1.54) is 0 Å². The Labute approximate surface area is 137 Å². The number of hydrogen-bond acceptors (Lipinski definition) is 4. The van der Waals surface area contributed by atoms with Crippen LogP contribution in [0.5, 0.6) is 0 Å². The van der Waals surface area contributed by atoms with Gasteiger partial charge < -0.3 is 9.74 Å². The molecule has 5 nitrogen and oxygen atoms in total. The van der Waals surface area contributed by atoms with E-state index in [-0.39, 0.29) is 11.3 Å². The summed E-state index contributed by atoms with van der Waals surface area (Å²) in [6.45, 7) is 9.19. The van der Waals surface area contributed by atoms with Gasteiger partial charge >= 0.3 is 5.97 Å². The van der Waals surface area contributed by atoms with Crippen LogP contribution in [0.2, 0.25) is 0 Å². The minimum atomic E-state index is -0.452. The molecule has 124 valence electrons. The first-order chi connectivity index (χ1) is 10.8. The third-order valence-corrected chi connectivity index (χ3v) is 4.03. The van der Waals surface area contributed by atoms with E-state index in [1.807, 2.05) is 12.1 Å². The van der Waals surface area contributed by atoms with E-state index in [1.54, 1.807) is 24.0 Å². The van der Waals surface area contributed by atoms with Crippen molar-refractivity contribution in [3.8, 4) is 0 Å². The third-order valence-electron chi connectivity index (χ3n) is 4.03. The van der Waals surface area contributed by atoms with Crippen LogP contribution in [0, 0.1) is 0 Å². The molecule has 0 aliphatic carbocycles. The number of likely N-dealkylation sites (tertiary alicyclic amines) is 1. The molecule has 5 heteroatoms. The maximum absolute atomic E-state index is 12.0. The van der Waals surface area contributed by atoms with E-state index in [9.17, 15) is 9.59 Å².